The molecule has 5 rings (SSSR count). The predicted molar refractivity (Wildman–Crippen MR) is 194 cm³/mol. The molecule has 1 N–H and O–H groups in total. The normalized spacial score (nSPS) is 12.2. The SMILES string of the molecule is Cc1ccc(CN(Cc2ccc(/C=N\NC(=O)CN(CCc3ccccc3)S(=O)(=O)c3ccc(Cl)cc3)o2)S(=O)(=O)c2ccc(Cl)cc2)cc1. The Morgan fingerprint density at radius 2 is 1.30 bits per heavy atom. The van der Waals surface area contributed by atoms with Crippen LogP contribution >= 0.6 is 23.2 Å². The Labute approximate surface area is 302 Å². The number of nitrogens with zero attached hydrogens (tertiary/aromatic N) is 3. The molecule has 4 aromatic carbocycles. The molecule has 0 bridgehead atoms. The van der Waals surface area contributed by atoms with Gasteiger partial charge in [0, 0.05) is 23.1 Å². The minimum atomic E-state index is -4.04. The number of carbonyl (C=O) groups is 1. The number of aryl methyl sites for hydroxylation is 1. The van der Waals surface area contributed by atoms with Gasteiger partial charge in [0.1, 0.15) is 11.5 Å². The third kappa shape index (κ3) is 9.90. The second kappa shape index (κ2) is 16.6. The summed E-state index contributed by atoms with van der Waals surface area (Å²) in [7, 11) is -7.99. The van der Waals surface area contributed by atoms with Crippen molar-refractivity contribution >= 4 is 55.4 Å². The summed E-state index contributed by atoms with van der Waals surface area (Å²) in [5, 5.41) is 4.75. The standard InChI is InChI=1S/C36H34Cl2N4O6S2/c1-27-7-9-29(10-8-27)24-42(50(46,47)35-19-13-31(38)14-20-35)25-33-16-15-32(48-33)23-39-40-36(43)26-41(22-21-28-5-3-2-4-6-28)49(44,45)34-17-11-30(37)12-18-34/h2-20,23H,21-22,24-26H2,1H3,(H,40,43)/b39-23-. The van der Waals surface area contributed by atoms with Crippen LogP contribution in [0.4, 0.5) is 0 Å². The van der Waals surface area contributed by atoms with Gasteiger partial charge in [0.25, 0.3) is 5.91 Å². The summed E-state index contributed by atoms with van der Waals surface area (Å²) in [6.07, 6.45) is 1.63. The number of halogens is 2. The maximum Gasteiger partial charge on any atom is 0.255 e. The lowest BCUT2D eigenvalue weighted by molar-refractivity contribution is -0.121. The lowest BCUT2D eigenvalue weighted by atomic mass is 10.1. The Bertz CT molecular complexity index is 2140. The van der Waals surface area contributed by atoms with E-state index >= 15 is 0 Å². The Balaban J connectivity index is 1.27. The molecular weight excluding hydrogens is 719 g/mol. The van der Waals surface area contributed by atoms with Crippen LogP contribution in [0, 0.1) is 6.92 Å². The van der Waals surface area contributed by atoms with Crippen molar-refractivity contribution in [2.75, 3.05) is 13.1 Å². The van der Waals surface area contributed by atoms with E-state index in [2.05, 4.69) is 10.5 Å². The fourth-order valence-electron chi connectivity index (χ4n) is 4.90. The highest BCUT2D eigenvalue weighted by Gasteiger charge is 2.28. The fourth-order valence-corrected chi connectivity index (χ4v) is 7.95. The van der Waals surface area contributed by atoms with Gasteiger partial charge in [-0.25, -0.2) is 22.3 Å². The topological polar surface area (TPSA) is 129 Å². The van der Waals surface area contributed by atoms with Crippen molar-refractivity contribution in [3.8, 4) is 0 Å². The highest BCUT2D eigenvalue weighted by Crippen LogP contribution is 2.24. The van der Waals surface area contributed by atoms with Gasteiger partial charge in [0.2, 0.25) is 20.0 Å². The third-order valence-electron chi connectivity index (χ3n) is 7.59. The van der Waals surface area contributed by atoms with Gasteiger partial charge in [-0.05, 0) is 85.1 Å². The highest BCUT2D eigenvalue weighted by molar-refractivity contribution is 7.89. The van der Waals surface area contributed by atoms with Gasteiger partial charge in [-0.2, -0.15) is 13.7 Å². The van der Waals surface area contributed by atoms with Crippen LogP contribution < -0.4 is 5.43 Å². The van der Waals surface area contributed by atoms with Crippen molar-refractivity contribution in [2.45, 2.75) is 36.2 Å². The third-order valence-corrected chi connectivity index (χ3v) is 11.8. The number of nitrogens with one attached hydrogen (secondary N) is 1. The Morgan fingerprint density at radius 3 is 1.90 bits per heavy atom. The number of rotatable bonds is 15. The molecule has 260 valence electrons. The van der Waals surface area contributed by atoms with Crippen LogP contribution in [-0.2, 0) is 44.4 Å². The highest BCUT2D eigenvalue weighted by atomic mass is 35.5. The summed E-state index contributed by atoms with van der Waals surface area (Å²) in [5.74, 6) is -0.0882. The Kier molecular flexibility index (Phi) is 12.3. The first-order valence-electron chi connectivity index (χ1n) is 15.4. The summed E-state index contributed by atoms with van der Waals surface area (Å²) >= 11 is 12.0. The van der Waals surface area contributed by atoms with Crippen LogP contribution in [0.1, 0.15) is 28.2 Å². The molecule has 50 heavy (non-hydrogen) atoms. The zero-order chi connectivity index (χ0) is 35.7. The van der Waals surface area contributed by atoms with E-state index in [4.69, 9.17) is 27.6 Å². The van der Waals surface area contributed by atoms with Crippen molar-refractivity contribution in [3.05, 3.63) is 154 Å². The average Bonchev–Trinajstić information content (AvgIpc) is 3.55. The lowest BCUT2D eigenvalue weighted by Crippen LogP contribution is -2.40. The van der Waals surface area contributed by atoms with Gasteiger partial charge in [-0.15, -0.1) is 0 Å². The second-order valence-corrected chi connectivity index (χ2v) is 16.1. The first-order valence-corrected chi connectivity index (χ1v) is 19.1. The minimum absolute atomic E-state index is 0.00359. The molecule has 0 spiro atoms. The monoisotopic (exact) mass is 752 g/mol. The molecule has 0 aliphatic heterocycles. The van der Waals surface area contributed by atoms with Crippen LogP contribution in [0.15, 0.2) is 135 Å². The molecule has 0 fully saturated rings. The second-order valence-electron chi connectivity index (χ2n) is 11.3. The molecule has 0 radical (unpaired) electrons. The number of hydrazone groups is 1. The molecule has 1 heterocycles. The molecule has 0 saturated carbocycles. The van der Waals surface area contributed by atoms with E-state index in [9.17, 15) is 21.6 Å². The lowest BCUT2D eigenvalue weighted by Gasteiger charge is -2.21. The van der Waals surface area contributed by atoms with E-state index in [1.807, 2.05) is 61.5 Å². The summed E-state index contributed by atoms with van der Waals surface area (Å²) in [4.78, 5) is 13.0. The van der Waals surface area contributed by atoms with E-state index in [1.54, 1.807) is 12.1 Å². The first kappa shape index (κ1) is 37.0. The quantitative estimate of drug-likeness (QED) is 0.0940. The molecular formula is C36H34Cl2N4O6S2. The van der Waals surface area contributed by atoms with Crippen LogP contribution in [0.5, 0.6) is 0 Å². The Hall–Kier alpha value is -4.30. The van der Waals surface area contributed by atoms with E-state index < -0.39 is 32.5 Å². The number of benzene rings is 4. The molecule has 5 aromatic rings. The minimum Gasteiger partial charge on any atom is -0.459 e. The van der Waals surface area contributed by atoms with Crippen LogP contribution in [0.2, 0.25) is 10.0 Å². The van der Waals surface area contributed by atoms with Gasteiger partial charge >= 0.3 is 0 Å². The molecule has 0 aliphatic rings. The summed E-state index contributed by atoms with van der Waals surface area (Å²) in [5.41, 5.74) is 5.11. The number of hydrogen-bond donors (Lipinski definition) is 1. The molecule has 0 saturated heterocycles. The van der Waals surface area contributed by atoms with Gasteiger partial charge in [-0.3, -0.25) is 4.79 Å². The van der Waals surface area contributed by atoms with E-state index in [-0.39, 0.29) is 35.2 Å². The summed E-state index contributed by atoms with van der Waals surface area (Å²) in [6.45, 7) is 1.51. The zero-order valence-corrected chi connectivity index (χ0v) is 30.1. The largest absolute Gasteiger partial charge is 0.459 e. The number of furan rings is 1. The first-order chi connectivity index (χ1) is 23.9. The molecule has 1 amide bonds. The van der Waals surface area contributed by atoms with Gasteiger partial charge in [0.05, 0.1) is 29.1 Å². The van der Waals surface area contributed by atoms with Gasteiger partial charge < -0.3 is 4.42 Å². The molecule has 0 unspecified atom stereocenters. The Morgan fingerprint density at radius 1 is 0.720 bits per heavy atom. The van der Waals surface area contributed by atoms with Crippen LogP contribution in [0.25, 0.3) is 0 Å². The van der Waals surface area contributed by atoms with E-state index in [0.29, 0.717) is 22.2 Å². The smallest absolute Gasteiger partial charge is 0.255 e. The predicted octanol–water partition coefficient (Wildman–Crippen LogP) is 6.67. The molecule has 10 nitrogen and oxygen atoms in total. The van der Waals surface area contributed by atoms with Crippen molar-refractivity contribution < 1.29 is 26.0 Å². The zero-order valence-electron chi connectivity index (χ0n) is 26.9. The maximum atomic E-state index is 13.7. The van der Waals surface area contributed by atoms with Crippen molar-refractivity contribution in [1.29, 1.82) is 0 Å². The number of amides is 1. The van der Waals surface area contributed by atoms with E-state index in [1.165, 1.54) is 59.1 Å². The van der Waals surface area contributed by atoms with Crippen molar-refractivity contribution in [2.24, 2.45) is 5.10 Å². The van der Waals surface area contributed by atoms with Gasteiger partial charge in [-0.1, -0.05) is 83.4 Å². The molecule has 14 heteroatoms. The summed E-state index contributed by atoms with van der Waals surface area (Å²) < 4.78 is 62.6. The van der Waals surface area contributed by atoms with Crippen molar-refractivity contribution in [1.82, 2.24) is 14.0 Å². The summed E-state index contributed by atoms with van der Waals surface area (Å²) in [6, 6.07) is 31.8. The molecule has 1 aromatic heterocycles. The number of hydrogen-bond acceptors (Lipinski definition) is 7. The number of carbonyl (C=O) groups excluding carboxylic acids is 1. The maximum absolute atomic E-state index is 13.7. The molecule has 0 atom stereocenters. The average molecular weight is 754 g/mol. The van der Waals surface area contributed by atoms with E-state index in [0.717, 1.165) is 21.0 Å². The fraction of sp³-hybridized carbons (Fsp3) is 0.167. The van der Waals surface area contributed by atoms with Crippen LogP contribution in [0.3, 0.4) is 0 Å². The van der Waals surface area contributed by atoms with Gasteiger partial charge in [0.15, 0.2) is 0 Å². The van der Waals surface area contributed by atoms with Crippen molar-refractivity contribution in [3.63, 3.8) is 0 Å². The number of sulfonamides is 2. The van der Waals surface area contributed by atoms with Crippen LogP contribution in [-0.4, -0.2) is 50.7 Å². The molecule has 0 aliphatic carbocycles.